The van der Waals surface area contributed by atoms with E-state index in [0.29, 0.717) is 32.1 Å². The summed E-state index contributed by atoms with van der Waals surface area (Å²) in [6.45, 7) is 2.57. The van der Waals surface area contributed by atoms with Crippen molar-refractivity contribution in [3.63, 3.8) is 0 Å². The summed E-state index contributed by atoms with van der Waals surface area (Å²) >= 11 is 0. The van der Waals surface area contributed by atoms with Gasteiger partial charge in [0.15, 0.2) is 0 Å². The van der Waals surface area contributed by atoms with Crippen LogP contribution in [0.4, 0.5) is 13.6 Å². The number of alkyl halides is 2. The van der Waals surface area contributed by atoms with Crippen LogP contribution in [0, 0.1) is 17.2 Å². The molecule has 0 bridgehead atoms. The van der Waals surface area contributed by atoms with Gasteiger partial charge in [0.2, 0.25) is 0 Å². The van der Waals surface area contributed by atoms with E-state index in [2.05, 4.69) is 44.4 Å². The lowest BCUT2D eigenvalue weighted by Crippen LogP contribution is -2.67. The first-order valence-electron chi connectivity index (χ1n) is 13.9. The van der Waals surface area contributed by atoms with E-state index < -0.39 is 18.1 Å². The maximum Gasteiger partial charge on any atom is 0.407 e. The van der Waals surface area contributed by atoms with Crippen molar-refractivity contribution >= 4 is 16.9 Å². The van der Waals surface area contributed by atoms with Crippen LogP contribution in [-0.2, 0) is 0 Å². The Hall–Kier alpha value is -3.08. The zero-order valence-corrected chi connectivity index (χ0v) is 22.2. The molecule has 10 nitrogen and oxygen atoms in total. The SMILES string of the molecule is N#CC[C@H]1CN(C2NCNC3C(c4c(OC[C@@H]5CC(F)(F)CN5)ccc5ccccc45)NCC32)CCN1C(=O)O. The summed E-state index contributed by atoms with van der Waals surface area (Å²) in [5.41, 5.74) is 1.02. The molecule has 4 aliphatic rings. The highest BCUT2D eigenvalue weighted by Gasteiger charge is 2.47. The van der Waals surface area contributed by atoms with Crippen molar-refractivity contribution in [3.8, 4) is 11.8 Å². The van der Waals surface area contributed by atoms with Gasteiger partial charge in [-0.1, -0.05) is 30.3 Å². The van der Waals surface area contributed by atoms with E-state index in [-0.39, 0.29) is 56.2 Å². The number of fused-ring (bicyclic) bond motifs is 2. The minimum atomic E-state index is -2.71. The Balaban J connectivity index is 1.25. The monoisotopic (exact) mass is 555 g/mol. The van der Waals surface area contributed by atoms with Crippen LogP contribution in [-0.4, -0.2) is 97.2 Å². The molecule has 4 aliphatic heterocycles. The van der Waals surface area contributed by atoms with Gasteiger partial charge in [0.25, 0.3) is 5.92 Å². The molecule has 0 radical (unpaired) electrons. The van der Waals surface area contributed by atoms with E-state index >= 15 is 0 Å². The fraction of sp³-hybridized carbons (Fsp3) is 0.571. The minimum absolute atomic E-state index is 0.00477. The van der Waals surface area contributed by atoms with Gasteiger partial charge >= 0.3 is 6.09 Å². The van der Waals surface area contributed by atoms with Crippen molar-refractivity contribution in [1.29, 1.82) is 5.26 Å². The lowest BCUT2D eigenvalue weighted by molar-refractivity contribution is 0.00821. The third-order valence-corrected chi connectivity index (χ3v) is 8.80. The first-order chi connectivity index (χ1) is 19.3. The van der Waals surface area contributed by atoms with E-state index in [1.54, 1.807) is 0 Å². The smallest absolute Gasteiger partial charge is 0.407 e. The summed E-state index contributed by atoms with van der Waals surface area (Å²) in [5.74, 6) is -1.86. The van der Waals surface area contributed by atoms with Gasteiger partial charge in [-0.25, -0.2) is 13.6 Å². The Morgan fingerprint density at radius 2 is 2.00 bits per heavy atom. The third kappa shape index (κ3) is 5.20. The summed E-state index contributed by atoms with van der Waals surface area (Å²) < 4.78 is 33.8. The highest BCUT2D eigenvalue weighted by molar-refractivity contribution is 5.88. The maximum atomic E-state index is 13.8. The van der Waals surface area contributed by atoms with E-state index in [0.717, 1.165) is 22.9 Å². The first kappa shape index (κ1) is 27.1. The summed E-state index contributed by atoms with van der Waals surface area (Å²) in [5, 5.41) is 34.9. The molecule has 40 heavy (non-hydrogen) atoms. The van der Waals surface area contributed by atoms with Gasteiger partial charge in [-0.3, -0.25) is 15.5 Å². The van der Waals surface area contributed by atoms with Crippen LogP contribution < -0.4 is 26.0 Å². The van der Waals surface area contributed by atoms with Crippen LogP contribution in [0.3, 0.4) is 0 Å². The number of nitrogens with one attached hydrogen (secondary N) is 4. The molecule has 0 spiro atoms. The van der Waals surface area contributed by atoms with E-state index in [4.69, 9.17) is 4.74 Å². The van der Waals surface area contributed by atoms with Crippen LogP contribution in [0.25, 0.3) is 10.8 Å². The summed E-state index contributed by atoms with van der Waals surface area (Å²) in [7, 11) is 0. The number of carboxylic acid groups (broad SMARTS) is 1. The number of benzene rings is 2. The number of ether oxygens (including phenoxy) is 1. The first-order valence-corrected chi connectivity index (χ1v) is 13.9. The number of amides is 1. The summed E-state index contributed by atoms with van der Waals surface area (Å²) in [6, 6.07) is 13.4. The molecule has 5 N–H and O–H groups in total. The van der Waals surface area contributed by atoms with E-state index in [1.807, 2.05) is 24.3 Å². The number of hydrogen-bond donors (Lipinski definition) is 5. The van der Waals surface area contributed by atoms with Crippen molar-refractivity contribution < 1.29 is 23.4 Å². The molecule has 4 fully saturated rings. The summed E-state index contributed by atoms with van der Waals surface area (Å²) in [4.78, 5) is 15.4. The highest BCUT2D eigenvalue weighted by atomic mass is 19.3. The van der Waals surface area contributed by atoms with Crippen molar-refractivity contribution in [3.05, 3.63) is 42.0 Å². The zero-order valence-electron chi connectivity index (χ0n) is 22.2. The Labute approximate surface area is 231 Å². The fourth-order valence-corrected chi connectivity index (χ4v) is 6.95. The van der Waals surface area contributed by atoms with Crippen molar-refractivity contribution in [2.45, 2.75) is 49.1 Å². The molecule has 4 unspecified atom stereocenters. The molecule has 214 valence electrons. The number of nitriles is 1. The van der Waals surface area contributed by atoms with Crippen molar-refractivity contribution in [2.75, 3.05) is 46.0 Å². The molecular weight excluding hydrogens is 520 g/mol. The Kier molecular flexibility index (Phi) is 7.50. The Bertz CT molecular complexity index is 1290. The maximum absolute atomic E-state index is 13.8. The lowest BCUT2D eigenvalue weighted by Gasteiger charge is -2.48. The van der Waals surface area contributed by atoms with Gasteiger partial charge < -0.3 is 25.4 Å². The van der Waals surface area contributed by atoms with Crippen LogP contribution in [0.1, 0.15) is 24.4 Å². The number of carbonyl (C=O) groups is 1. The Morgan fingerprint density at radius 3 is 2.77 bits per heavy atom. The van der Waals surface area contributed by atoms with Gasteiger partial charge in [-0.05, 0) is 16.8 Å². The van der Waals surface area contributed by atoms with Crippen molar-refractivity contribution in [1.82, 2.24) is 31.1 Å². The molecule has 2 aromatic rings. The fourth-order valence-electron chi connectivity index (χ4n) is 6.95. The molecule has 2 aromatic carbocycles. The third-order valence-electron chi connectivity index (χ3n) is 8.80. The lowest BCUT2D eigenvalue weighted by atomic mass is 9.87. The molecule has 6 rings (SSSR count). The number of hydrogen-bond acceptors (Lipinski definition) is 8. The average Bonchev–Trinajstić information content (AvgIpc) is 3.53. The predicted molar refractivity (Wildman–Crippen MR) is 144 cm³/mol. The van der Waals surface area contributed by atoms with E-state index in [1.165, 1.54) is 4.90 Å². The summed E-state index contributed by atoms with van der Waals surface area (Å²) in [6.07, 6.45) is -1.07. The Morgan fingerprint density at radius 1 is 1.15 bits per heavy atom. The van der Waals surface area contributed by atoms with E-state index in [9.17, 15) is 23.9 Å². The second kappa shape index (κ2) is 11.1. The largest absolute Gasteiger partial charge is 0.492 e. The highest BCUT2D eigenvalue weighted by Crippen LogP contribution is 2.41. The van der Waals surface area contributed by atoms with Gasteiger partial charge in [0.05, 0.1) is 37.3 Å². The van der Waals surface area contributed by atoms with Gasteiger partial charge in [0.1, 0.15) is 12.4 Å². The topological polar surface area (TPSA) is 125 Å². The second-order valence-electron chi connectivity index (χ2n) is 11.2. The average molecular weight is 556 g/mol. The second-order valence-corrected chi connectivity index (χ2v) is 11.2. The molecular formula is C28H35F2N7O3. The zero-order chi connectivity index (χ0) is 27.9. The minimum Gasteiger partial charge on any atom is -0.492 e. The predicted octanol–water partition coefficient (Wildman–Crippen LogP) is 1.90. The molecule has 0 saturated carbocycles. The van der Waals surface area contributed by atoms with Crippen LogP contribution in [0.15, 0.2) is 36.4 Å². The molecule has 1 amide bonds. The van der Waals surface area contributed by atoms with Gasteiger partial charge in [-0.2, -0.15) is 5.26 Å². The number of piperazine rings is 1. The van der Waals surface area contributed by atoms with Crippen molar-refractivity contribution in [2.24, 2.45) is 5.92 Å². The van der Waals surface area contributed by atoms with Crippen LogP contribution >= 0.6 is 0 Å². The van der Waals surface area contributed by atoms with Crippen LogP contribution in [0.2, 0.25) is 0 Å². The standard InChI is InChI=1S/C28H35F2N7O3/c29-28(30)11-18(33-15-28)14-40-22-6-5-17-3-1-2-4-20(17)23(22)25-24-21(12-32-25)26(35-16-34-24)36-9-10-37(27(38)39)19(13-36)7-8-31/h1-6,18-19,21,24-26,32-35H,7,9-16H2,(H,38,39)/t18-,19-,21?,24?,25?,26?/m0/s1. The molecule has 4 saturated heterocycles. The molecule has 4 heterocycles. The molecule has 6 atom stereocenters. The van der Waals surface area contributed by atoms with Gasteiger partial charge in [0, 0.05) is 62.8 Å². The number of rotatable bonds is 6. The normalized spacial score (nSPS) is 32.1. The molecule has 0 aliphatic carbocycles. The number of halogens is 2. The number of nitrogens with zero attached hydrogens (tertiary/aromatic N) is 3. The quantitative estimate of drug-likeness (QED) is 0.364. The van der Waals surface area contributed by atoms with Crippen LogP contribution in [0.5, 0.6) is 5.75 Å². The molecule has 12 heteroatoms. The molecule has 0 aromatic heterocycles. The van der Waals surface area contributed by atoms with Gasteiger partial charge in [-0.15, -0.1) is 0 Å².